The van der Waals surface area contributed by atoms with Crippen LogP contribution < -0.4 is 5.32 Å². The van der Waals surface area contributed by atoms with Crippen molar-refractivity contribution in [2.24, 2.45) is 0 Å². The van der Waals surface area contributed by atoms with E-state index in [0.29, 0.717) is 6.04 Å². The summed E-state index contributed by atoms with van der Waals surface area (Å²) in [7, 11) is 0. The SMILES string of the molecule is C[C@H](NCCN1CCOCC1)c1ccc(Cl)cc1. The van der Waals surface area contributed by atoms with E-state index >= 15 is 0 Å². The summed E-state index contributed by atoms with van der Waals surface area (Å²) in [5, 5.41) is 4.33. The molecule has 0 spiro atoms. The Hall–Kier alpha value is -0.610. The third kappa shape index (κ3) is 4.25. The molecule has 0 aliphatic carbocycles. The average molecular weight is 269 g/mol. The standard InChI is InChI=1S/C14H21ClN2O/c1-12(13-2-4-14(15)5-3-13)16-6-7-17-8-10-18-11-9-17/h2-5,12,16H,6-11H2,1H3/t12-/m0/s1. The van der Waals surface area contributed by atoms with Crippen LogP contribution in [0.3, 0.4) is 0 Å². The van der Waals surface area contributed by atoms with Crippen molar-refractivity contribution in [3.8, 4) is 0 Å². The molecule has 4 heteroatoms. The highest BCUT2D eigenvalue weighted by Gasteiger charge is 2.10. The fourth-order valence-corrected chi connectivity index (χ4v) is 2.26. The Morgan fingerprint density at radius 1 is 1.28 bits per heavy atom. The number of ether oxygens (including phenoxy) is 1. The van der Waals surface area contributed by atoms with Crippen molar-refractivity contribution in [3.05, 3.63) is 34.9 Å². The first-order chi connectivity index (χ1) is 8.75. The number of nitrogens with zero attached hydrogens (tertiary/aromatic N) is 1. The van der Waals surface area contributed by atoms with Gasteiger partial charge < -0.3 is 10.1 Å². The number of nitrogens with one attached hydrogen (secondary N) is 1. The molecule has 1 heterocycles. The third-order valence-electron chi connectivity index (χ3n) is 3.35. The minimum Gasteiger partial charge on any atom is -0.379 e. The van der Waals surface area contributed by atoms with Crippen LogP contribution in [0, 0.1) is 0 Å². The van der Waals surface area contributed by atoms with Gasteiger partial charge in [-0.3, -0.25) is 4.90 Å². The van der Waals surface area contributed by atoms with Gasteiger partial charge in [0.15, 0.2) is 0 Å². The second-order valence-electron chi connectivity index (χ2n) is 4.68. The molecule has 3 nitrogen and oxygen atoms in total. The average Bonchev–Trinajstić information content (AvgIpc) is 2.40. The highest BCUT2D eigenvalue weighted by atomic mass is 35.5. The Kier molecular flexibility index (Phi) is 5.45. The lowest BCUT2D eigenvalue weighted by Crippen LogP contribution is -2.40. The fourth-order valence-electron chi connectivity index (χ4n) is 2.13. The summed E-state index contributed by atoms with van der Waals surface area (Å²) < 4.78 is 5.33. The molecule has 0 radical (unpaired) electrons. The number of rotatable bonds is 5. The van der Waals surface area contributed by atoms with Crippen molar-refractivity contribution in [2.45, 2.75) is 13.0 Å². The lowest BCUT2D eigenvalue weighted by molar-refractivity contribution is 0.0382. The Morgan fingerprint density at radius 3 is 2.61 bits per heavy atom. The molecule has 1 aromatic rings. The van der Waals surface area contributed by atoms with E-state index in [2.05, 4.69) is 29.3 Å². The molecular weight excluding hydrogens is 248 g/mol. The molecule has 1 aliphatic heterocycles. The van der Waals surface area contributed by atoms with E-state index < -0.39 is 0 Å². The summed E-state index contributed by atoms with van der Waals surface area (Å²) in [6.45, 7) is 8.11. The van der Waals surface area contributed by atoms with Gasteiger partial charge in [-0.05, 0) is 24.6 Å². The van der Waals surface area contributed by atoms with Gasteiger partial charge in [0.05, 0.1) is 13.2 Å². The van der Waals surface area contributed by atoms with E-state index in [4.69, 9.17) is 16.3 Å². The summed E-state index contributed by atoms with van der Waals surface area (Å²) in [6, 6.07) is 8.40. The van der Waals surface area contributed by atoms with E-state index in [9.17, 15) is 0 Å². The van der Waals surface area contributed by atoms with Crippen LogP contribution in [0.25, 0.3) is 0 Å². The number of hydrogen-bond acceptors (Lipinski definition) is 3. The zero-order valence-electron chi connectivity index (χ0n) is 10.9. The minimum atomic E-state index is 0.364. The monoisotopic (exact) mass is 268 g/mol. The predicted octanol–water partition coefficient (Wildman–Crippen LogP) is 2.32. The lowest BCUT2D eigenvalue weighted by Gasteiger charge is -2.27. The van der Waals surface area contributed by atoms with Crippen LogP contribution in [0.1, 0.15) is 18.5 Å². The first-order valence-electron chi connectivity index (χ1n) is 6.54. The molecule has 1 saturated heterocycles. The number of hydrogen-bond donors (Lipinski definition) is 1. The van der Waals surface area contributed by atoms with Gasteiger partial charge in [-0.1, -0.05) is 23.7 Å². The first-order valence-corrected chi connectivity index (χ1v) is 6.92. The molecule has 1 aliphatic rings. The second-order valence-corrected chi connectivity index (χ2v) is 5.12. The van der Waals surface area contributed by atoms with Crippen molar-refractivity contribution < 1.29 is 4.74 Å². The first kappa shape index (κ1) is 13.8. The molecule has 1 fully saturated rings. The molecule has 2 rings (SSSR count). The maximum atomic E-state index is 5.88. The number of morpholine rings is 1. The van der Waals surface area contributed by atoms with Crippen LogP contribution in [0.5, 0.6) is 0 Å². The maximum absolute atomic E-state index is 5.88. The summed E-state index contributed by atoms with van der Waals surface area (Å²) in [5.41, 5.74) is 1.28. The Balaban J connectivity index is 1.70. The van der Waals surface area contributed by atoms with E-state index in [1.54, 1.807) is 0 Å². The molecule has 1 aromatic carbocycles. The normalized spacial score (nSPS) is 18.8. The highest BCUT2D eigenvalue weighted by Crippen LogP contribution is 2.15. The van der Waals surface area contributed by atoms with E-state index in [1.165, 1.54) is 5.56 Å². The molecule has 0 aromatic heterocycles. The van der Waals surface area contributed by atoms with Crippen LogP contribution in [-0.4, -0.2) is 44.3 Å². The predicted molar refractivity (Wildman–Crippen MR) is 75.1 cm³/mol. The minimum absolute atomic E-state index is 0.364. The van der Waals surface area contributed by atoms with Gasteiger partial charge in [-0.25, -0.2) is 0 Å². The van der Waals surface area contributed by atoms with Crippen LogP contribution >= 0.6 is 11.6 Å². The van der Waals surface area contributed by atoms with Crippen molar-refractivity contribution >= 4 is 11.6 Å². The molecular formula is C14H21ClN2O. The van der Waals surface area contributed by atoms with Crippen LogP contribution in [0.15, 0.2) is 24.3 Å². The second kappa shape index (κ2) is 7.10. The quantitative estimate of drug-likeness (QED) is 0.887. The van der Waals surface area contributed by atoms with E-state index in [1.807, 2.05) is 12.1 Å². The molecule has 18 heavy (non-hydrogen) atoms. The van der Waals surface area contributed by atoms with Gasteiger partial charge in [0.2, 0.25) is 0 Å². The smallest absolute Gasteiger partial charge is 0.0594 e. The molecule has 100 valence electrons. The van der Waals surface area contributed by atoms with Crippen molar-refractivity contribution in [1.82, 2.24) is 10.2 Å². The van der Waals surface area contributed by atoms with E-state index in [0.717, 1.165) is 44.4 Å². The summed E-state index contributed by atoms with van der Waals surface area (Å²) in [4.78, 5) is 2.44. The van der Waals surface area contributed by atoms with Crippen LogP contribution in [0.2, 0.25) is 5.02 Å². The summed E-state index contributed by atoms with van der Waals surface area (Å²) >= 11 is 5.88. The fraction of sp³-hybridized carbons (Fsp3) is 0.571. The van der Waals surface area contributed by atoms with Crippen LogP contribution in [-0.2, 0) is 4.74 Å². The van der Waals surface area contributed by atoms with Crippen molar-refractivity contribution in [1.29, 1.82) is 0 Å². The largest absolute Gasteiger partial charge is 0.379 e. The third-order valence-corrected chi connectivity index (χ3v) is 3.60. The van der Waals surface area contributed by atoms with Crippen molar-refractivity contribution in [3.63, 3.8) is 0 Å². The molecule has 0 amide bonds. The van der Waals surface area contributed by atoms with Gasteiger partial charge in [-0.15, -0.1) is 0 Å². The molecule has 0 unspecified atom stereocenters. The van der Waals surface area contributed by atoms with Gasteiger partial charge in [0, 0.05) is 37.2 Å². The van der Waals surface area contributed by atoms with Gasteiger partial charge in [0.1, 0.15) is 0 Å². The van der Waals surface area contributed by atoms with Gasteiger partial charge in [0.25, 0.3) is 0 Å². The van der Waals surface area contributed by atoms with Crippen molar-refractivity contribution in [2.75, 3.05) is 39.4 Å². The lowest BCUT2D eigenvalue weighted by atomic mass is 10.1. The highest BCUT2D eigenvalue weighted by molar-refractivity contribution is 6.30. The zero-order chi connectivity index (χ0) is 12.8. The molecule has 1 atom stereocenters. The number of halogens is 1. The molecule has 1 N–H and O–H groups in total. The zero-order valence-corrected chi connectivity index (χ0v) is 11.6. The summed E-state index contributed by atoms with van der Waals surface area (Å²) in [6.07, 6.45) is 0. The number of benzene rings is 1. The topological polar surface area (TPSA) is 24.5 Å². The van der Waals surface area contributed by atoms with Gasteiger partial charge in [-0.2, -0.15) is 0 Å². The Bertz CT molecular complexity index is 349. The maximum Gasteiger partial charge on any atom is 0.0594 e. The van der Waals surface area contributed by atoms with Crippen LogP contribution in [0.4, 0.5) is 0 Å². The molecule has 0 bridgehead atoms. The Morgan fingerprint density at radius 2 is 1.94 bits per heavy atom. The Labute approximate surface area is 114 Å². The summed E-state index contributed by atoms with van der Waals surface area (Å²) in [5.74, 6) is 0. The van der Waals surface area contributed by atoms with E-state index in [-0.39, 0.29) is 0 Å². The van der Waals surface area contributed by atoms with Gasteiger partial charge >= 0.3 is 0 Å². The molecule has 0 saturated carbocycles.